The van der Waals surface area contributed by atoms with Gasteiger partial charge in [0.2, 0.25) is 0 Å². The van der Waals surface area contributed by atoms with Crippen LogP contribution in [0.2, 0.25) is 0 Å². The van der Waals surface area contributed by atoms with Gasteiger partial charge in [-0.25, -0.2) is 0 Å². The molecule has 1 atom stereocenters. The average Bonchev–Trinajstić information content (AvgIpc) is 3.10. The lowest BCUT2D eigenvalue weighted by atomic mass is 10.1. The van der Waals surface area contributed by atoms with E-state index in [-0.39, 0.29) is 0 Å². The Morgan fingerprint density at radius 3 is 3.00 bits per heavy atom. The van der Waals surface area contributed by atoms with Crippen molar-refractivity contribution in [3.05, 3.63) is 17.5 Å². The largest absolute Gasteiger partial charge is 0.357 e. The van der Waals surface area contributed by atoms with Crippen molar-refractivity contribution in [2.45, 2.75) is 51.2 Å². The maximum Gasteiger partial charge on any atom is 0.191 e. The van der Waals surface area contributed by atoms with Crippen LogP contribution in [0, 0.1) is 6.92 Å². The van der Waals surface area contributed by atoms with Crippen LogP contribution in [0.5, 0.6) is 0 Å². The van der Waals surface area contributed by atoms with E-state index in [1.165, 1.54) is 29.9 Å². The first-order chi connectivity index (χ1) is 10.6. The number of thioether (sulfide) groups is 1. The highest BCUT2D eigenvalue weighted by Crippen LogP contribution is 2.37. The van der Waals surface area contributed by atoms with Crippen LogP contribution >= 0.6 is 11.8 Å². The molecule has 1 aromatic heterocycles. The van der Waals surface area contributed by atoms with E-state index in [1.807, 2.05) is 6.20 Å². The molecule has 124 valence electrons. The number of aliphatic imine (C=N–C) groups is 1. The van der Waals surface area contributed by atoms with Gasteiger partial charge in [-0.1, -0.05) is 0 Å². The third-order valence-corrected chi connectivity index (χ3v) is 5.59. The molecular formula is C16H29N5S. The molecule has 0 saturated carbocycles. The SMILES string of the molecule is CCNC(=NCC1(C)CCCS1)NCCCc1cn[nH]c1C. The fraction of sp³-hybridized carbons (Fsp3) is 0.750. The summed E-state index contributed by atoms with van der Waals surface area (Å²) in [6, 6.07) is 0. The molecule has 0 amide bonds. The van der Waals surface area contributed by atoms with Crippen molar-refractivity contribution < 1.29 is 0 Å². The molecule has 22 heavy (non-hydrogen) atoms. The molecule has 0 bridgehead atoms. The standard InChI is InChI=1S/C16H29N5S/c1-4-17-15(19-12-16(3)8-6-10-22-16)18-9-5-7-14-11-20-21-13(14)2/h11H,4-10,12H2,1-3H3,(H,20,21)(H2,17,18,19). The van der Waals surface area contributed by atoms with Crippen LogP contribution in [0.3, 0.4) is 0 Å². The molecule has 0 aliphatic carbocycles. The highest BCUT2D eigenvalue weighted by Gasteiger charge is 2.29. The van der Waals surface area contributed by atoms with Crippen molar-refractivity contribution in [1.29, 1.82) is 0 Å². The highest BCUT2D eigenvalue weighted by atomic mass is 32.2. The van der Waals surface area contributed by atoms with Crippen molar-refractivity contribution in [1.82, 2.24) is 20.8 Å². The van der Waals surface area contributed by atoms with Gasteiger partial charge in [-0.2, -0.15) is 16.9 Å². The van der Waals surface area contributed by atoms with Gasteiger partial charge in [0.15, 0.2) is 5.96 Å². The zero-order valence-corrected chi connectivity index (χ0v) is 14.9. The summed E-state index contributed by atoms with van der Waals surface area (Å²) >= 11 is 2.06. The lowest BCUT2D eigenvalue weighted by Crippen LogP contribution is -2.39. The molecular weight excluding hydrogens is 294 g/mol. The first kappa shape index (κ1) is 17.2. The average molecular weight is 324 g/mol. The minimum atomic E-state index is 0.330. The van der Waals surface area contributed by atoms with E-state index in [4.69, 9.17) is 4.99 Å². The molecule has 0 spiro atoms. The predicted molar refractivity (Wildman–Crippen MR) is 95.7 cm³/mol. The van der Waals surface area contributed by atoms with Crippen molar-refractivity contribution in [2.24, 2.45) is 4.99 Å². The number of hydrogen-bond donors (Lipinski definition) is 3. The van der Waals surface area contributed by atoms with Crippen LogP contribution in [0.25, 0.3) is 0 Å². The maximum atomic E-state index is 4.77. The fourth-order valence-corrected chi connectivity index (χ4v) is 3.89. The predicted octanol–water partition coefficient (Wildman–Crippen LogP) is 2.49. The second-order valence-corrected chi connectivity index (χ2v) is 7.83. The first-order valence-corrected chi connectivity index (χ1v) is 9.26. The van der Waals surface area contributed by atoms with E-state index in [0.717, 1.165) is 38.4 Å². The van der Waals surface area contributed by atoms with Crippen LogP contribution in [0.1, 0.15) is 44.4 Å². The third-order valence-electron chi connectivity index (χ3n) is 4.07. The Morgan fingerprint density at radius 2 is 2.36 bits per heavy atom. The van der Waals surface area contributed by atoms with Gasteiger partial charge in [0.1, 0.15) is 0 Å². The molecule has 0 radical (unpaired) electrons. The molecule has 1 aliphatic rings. The number of aromatic nitrogens is 2. The smallest absolute Gasteiger partial charge is 0.191 e. The van der Waals surface area contributed by atoms with E-state index in [0.29, 0.717) is 4.75 Å². The first-order valence-electron chi connectivity index (χ1n) is 8.28. The molecule has 5 nitrogen and oxygen atoms in total. The van der Waals surface area contributed by atoms with E-state index in [2.05, 4.69) is 53.4 Å². The maximum absolute atomic E-state index is 4.77. The number of nitrogens with one attached hydrogen (secondary N) is 3. The summed E-state index contributed by atoms with van der Waals surface area (Å²) in [4.78, 5) is 4.77. The van der Waals surface area contributed by atoms with Gasteiger partial charge >= 0.3 is 0 Å². The lowest BCUT2D eigenvalue weighted by molar-refractivity contribution is 0.614. The Hall–Kier alpha value is -1.17. The van der Waals surface area contributed by atoms with Crippen molar-refractivity contribution in [3.63, 3.8) is 0 Å². The number of guanidine groups is 1. The van der Waals surface area contributed by atoms with Crippen molar-refractivity contribution in [3.8, 4) is 0 Å². The summed E-state index contributed by atoms with van der Waals surface area (Å²) in [6.07, 6.45) is 6.65. The molecule has 3 N–H and O–H groups in total. The van der Waals surface area contributed by atoms with Crippen molar-refractivity contribution in [2.75, 3.05) is 25.4 Å². The van der Waals surface area contributed by atoms with E-state index < -0.39 is 0 Å². The Labute approximate surface area is 138 Å². The van der Waals surface area contributed by atoms with Crippen LogP contribution in [0.15, 0.2) is 11.2 Å². The number of H-pyrrole nitrogens is 1. The molecule has 0 aromatic carbocycles. The number of hydrogen-bond acceptors (Lipinski definition) is 3. The van der Waals surface area contributed by atoms with E-state index in [1.54, 1.807) is 0 Å². The zero-order chi connectivity index (χ0) is 15.8. The van der Waals surface area contributed by atoms with E-state index in [9.17, 15) is 0 Å². The van der Waals surface area contributed by atoms with Gasteiger partial charge in [0.25, 0.3) is 0 Å². The normalized spacial score (nSPS) is 22.0. The van der Waals surface area contributed by atoms with Crippen LogP contribution in [-0.4, -0.2) is 46.3 Å². The topological polar surface area (TPSA) is 65.1 Å². The summed E-state index contributed by atoms with van der Waals surface area (Å²) in [6.45, 7) is 9.24. The van der Waals surface area contributed by atoms with Crippen LogP contribution in [-0.2, 0) is 6.42 Å². The van der Waals surface area contributed by atoms with Crippen LogP contribution in [0.4, 0.5) is 0 Å². The van der Waals surface area contributed by atoms with Crippen LogP contribution < -0.4 is 10.6 Å². The minimum absolute atomic E-state index is 0.330. The summed E-state index contributed by atoms with van der Waals surface area (Å²) < 4.78 is 0.330. The summed E-state index contributed by atoms with van der Waals surface area (Å²) in [5.41, 5.74) is 2.48. The second kappa shape index (κ2) is 8.46. The summed E-state index contributed by atoms with van der Waals surface area (Å²) in [7, 11) is 0. The van der Waals surface area contributed by atoms with Gasteiger partial charge in [0.05, 0.1) is 12.7 Å². The second-order valence-electron chi connectivity index (χ2n) is 6.15. The molecule has 2 rings (SSSR count). The quantitative estimate of drug-likeness (QED) is 0.410. The Balaban J connectivity index is 1.74. The lowest BCUT2D eigenvalue weighted by Gasteiger charge is -2.21. The number of aromatic amines is 1. The molecule has 1 saturated heterocycles. The molecule has 6 heteroatoms. The molecule has 1 aromatic rings. The summed E-state index contributed by atoms with van der Waals surface area (Å²) in [5.74, 6) is 2.22. The van der Waals surface area contributed by atoms with E-state index >= 15 is 0 Å². The molecule has 1 unspecified atom stereocenters. The minimum Gasteiger partial charge on any atom is -0.357 e. The third kappa shape index (κ3) is 5.23. The number of nitrogens with zero attached hydrogens (tertiary/aromatic N) is 2. The zero-order valence-electron chi connectivity index (χ0n) is 14.0. The van der Waals surface area contributed by atoms with Crippen molar-refractivity contribution >= 4 is 17.7 Å². The molecule has 1 aliphatic heterocycles. The summed E-state index contributed by atoms with van der Waals surface area (Å²) in [5, 5.41) is 13.8. The van der Waals surface area contributed by atoms with Gasteiger partial charge in [0, 0.05) is 23.5 Å². The Kier molecular flexibility index (Phi) is 6.61. The van der Waals surface area contributed by atoms with Gasteiger partial charge in [-0.15, -0.1) is 0 Å². The Bertz CT molecular complexity index is 477. The van der Waals surface area contributed by atoms with Gasteiger partial charge in [-0.05, 0) is 57.8 Å². The monoisotopic (exact) mass is 323 g/mol. The van der Waals surface area contributed by atoms with Gasteiger partial charge < -0.3 is 10.6 Å². The Morgan fingerprint density at radius 1 is 1.50 bits per heavy atom. The van der Waals surface area contributed by atoms with Gasteiger partial charge in [-0.3, -0.25) is 10.1 Å². The fourth-order valence-electron chi connectivity index (χ4n) is 2.66. The number of rotatable bonds is 7. The highest BCUT2D eigenvalue weighted by molar-refractivity contribution is 8.00. The molecule has 2 heterocycles. The molecule has 1 fully saturated rings. The number of aryl methyl sites for hydroxylation is 2.